The van der Waals surface area contributed by atoms with Crippen LogP contribution in [0.2, 0.25) is 0 Å². The molecule has 0 saturated carbocycles. The van der Waals surface area contributed by atoms with E-state index >= 15 is 0 Å². The summed E-state index contributed by atoms with van der Waals surface area (Å²) in [6, 6.07) is 13.7. The minimum absolute atomic E-state index is 0.00530. The summed E-state index contributed by atoms with van der Waals surface area (Å²) in [6.45, 7) is 0. The van der Waals surface area contributed by atoms with Crippen molar-refractivity contribution in [3.05, 3.63) is 66.0 Å². The van der Waals surface area contributed by atoms with E-state index in [1.807, 2.05) is 29.2 Å². The predicted octanol–water partition coefficient (Wildman–Crippen LogP) is 3.10. The average molecular weight is 349 g/mol. The molecule has 1 aromatic carbocycles. The van der Waals surface area contributed by atoms with Crippen molar-refractivity contribution < 1.29 is 9.59 Å². The van der Waals surface area contributed by atoms with Gasteiger partial charge in [0.2, 0.25) is 5.91 Å². The zero-order valence-electron chi connectivity index (χ0n) is 14.7. The van der Waals surface area contributed by atoms with Crippen molar-refractivity contribution in [1.29, 1.82) is 0 Å². The first kappa shape index (κ1) is 16.8. The molecule has 2 aliphatic heterocycles. The fourth-order valence-electron chi connectivity index (χ4n) is 4.25. The standard InChI is InChI=1S/C21H23N3O2/c25-20-11-5-4-10-18-17(23-20)13-19(15-7-2-1-3-8-15)24(18)21(26)16-9-6-12-22-14-16/h1-3,6-9,12,14,17-19H,4-5,10-11,13H2,(H,23,25)/t17-,18+,19+/m1/s1. The molecular formula is C21H23N3O2. The van der Waals surface area contributed by atoms with E-state index < -0.39 is 0 Å². The Balaban J connectivity index is 1.72. The number of pyridine rings is 1. The van der Waals surface area contributed by atoms with Crippen LogP contribution in [0, 0.1) is 0 Å². The molecule has 0 bridgehead atoms. The van der Waals surface area contributed by atoms with E-state index in [2.05, 4.69) is 22.4 Å². The number of nitrogens with one attached hydrogen (secondary N) is 1. The van der Waals surface area contributed by atoms with Crippen molar-refractivity contribution in [2.45, 2.75) is 50.2 Å². The van der Waals surface area contributed by atoms with Crippen molar-refractivity contribution in [2.24, 2.45) is 0 Å². The third kappa shape index (κ3) is 3.21. The molecule has 2 aromatic rings. The second kappa shape index (κ2) is 7.28. The van der Waals surface area contributed by atoms with Crippen molar-refractivity contribution in [2.75, 3.05) is 0 Å². The molecule has 1 N–H and O–H groups in total. The Kier molecular flexibility index (Phi) is 4.69. The van der Waals surface area contributed by atoms with Crippen LogP contribution in [0.3, 0.4) is 0 Å². The summed E-state index contributed by atoms with van der Waals surface area (Å²) in [4.78, 5) is 31.6. The summed E-state index contributed by atoms with van der Waals surface area (Å²) < 4.78 is 0. The number of hydrogen-bond donors (Lipinski definition) is 1. The van der Waals surface area contributed by atoms with E-state index in [1.165, 1.54) is 0 Å². The van der Waals surface area contributed by atoms with E-state index in [0.717, 1.165) is 31.2 Å². The van der Waals surface area contributed by atoms with E-state index in [-0.39, 0.29) is 29.9 Å². The minimum Gasteiger partial charge on any atom is -0.351 e. The van der Waals surface area contributed by atoms with Gasteiger partial charge < -0.3 is 10.2 Å². The average Bonchev–Trinajstić information content (AvgIpc) is 3.01. The fraction of sp³-hybridized carbons (Fsp3) is 0.381. The maximum Gasteiger partial charge on any atom is 0.256 e. The first-order valence-electron chi connectivity index (χ1n) is 9.31. The Bertz CT molecular complexity index is 778. The van der Waals surface area contributed by atoms with Crippen LogP contribution in [0.5, 0.6) is 0 Å². The highest BCUT2D eigenvalue weighted by atomic mass is 16.2. The summed E-state index contributed by atoms with van der Waals surface area (Å²) in [5, 5.41) is 3.17. The second-order valence-electron chi connectivity index (χ2n) is 7.10. The number of carbonyl (C=O) groups is 2. The van der Waals surface area contributed by atoms with Crippen LogP contribution >= 0.6 is 0 Å². The van der Waals surface area contributed by atoms with Gasteiger partial charge in [-0.15, -0.1) is 0 Å². The Morgan fingerprint density at radius 1 is 1.12 bits per heavy atom. The molecule has 5 nitrogen and oxygen atoms in total. The Morgan fingerprint density at radius 2 is 1.96 bits per heavy atom. The molecule has 26 heavy (non-hydrogen) atoms. The summed E-state index contributed by atoms with van der Waals surface area (Å²) in [5.41, 5.74) is 1.72. The van der Waals surface area contributed by atoms with Gasteiger partial charge in [0.05, 0.1) is 23.7 Å². The molecule has 2 amide bonds. The lowest BCUT2D eigenvalue weighted by Crippen LogP contribution is -2.48. The number of nitrogens with zero attached hydrogens (tertiary/aromatic N) is 2. The lowest BCUT2D eigenvalue weighted by Gasteiger charge is -2.33. The summed E-state index contributed by atoms with van der Waals surface area (Å²) >= 11 is 0. The third-order valence-corrected chi connectivity index (χ3v) is 5.46. The molecule has 0 unspecified atom stereocenters. The molecule has 2 aliphatic rings. The van der Waals surface area contributed by atoms with Crippen LogP contribution in [0.25, 0.3) is 0 Å². The number of aromatic nitrogens is 1. The van der Waals surface area contributed by atoms with Gasteiger partial charge in [-0.25, -0.2) is 0 Å². The van der Waals surface area contributed by atoms with Gasteiger partial charge in [-0.2, -0.15) is 0 Å². The lowest BCUT2D eigenvalue weighted by molar-refractivity contribution is -0.122. The van der Waals surface area contributed by atoms with E-state index in [1.54, 1.807) is 18.5 Å². The Hall–Kier alpha value is -2.69. The first-order chi connectivity index (χ1) is 12.7. The zero-order chi connectivity index (χ0) is 17.9. The largest absolute Gasteiger partial charge is 0.351 e. The van der Waals surface area contributed by atoms with Crippen molar-refractivity contribution in [3.8, 4) is 0 Å². The molecule has 3 atom stereocenters. The summed E-state index contributed by atoms with van der Waals surface area (Å²) in [7, 11) is 0. The van der Waals surface area contributed by atoms with Crippen molar-refractivity contribution in [3.63, 3.8) is 0 Å². The van der Waals surface area contributed by atoms with Gasteiger partial charge in [0, 0.05) is 18.8 Å². The highest BCUT2D eigenvalue weighted by Gasteiger charge is 2.45. The van der Waals surface area contributed by atoms with Gasteiger partial charge in [0.15, 0.2) is 0 Å². The highest BCUT2D eigenvalue weighted by molar-refractivity contribution is 5.94. The maximum absolute atomic E-state index is 13.3. The quantitative estimate of drug-likeness (QED) is 0.906. The molecule has 0 aliphatic carbocycles. The van der Waals surface area contributed by atoms with Crippen LogP contribution in [0.15, 0.2) is 54.9 Å². The number of likely N-dealkylation sites (tertiary alicyclic amines) is 1. The molecule has 0 spiro atoms. The predicted molar refractivity (Wildman–Crippen MR) is 98.4 cm³/mol. The van der Waals surface area contributed by atoms with Gasteiger partial charge in [-0.05, 0) is 37.0 Å². The fourth-order valence-corrected chi connectivity index (χ4v) is 4.25. The lowest BCUT2D eigenvalue weighted by atomic mass is 9.97. The number of fused-ring (bicyclic) bond motifs is 1. The molecule has 0 radical (unpaired) electrons. The Morgan fingerprint density at radius 3 is 2.73 bits per heavy atom. The zero-order valence-corrected chi connectivity index (χ0v) is 14.7. The highest BCUT2D eigenvalue weighted by Crippen LogP contribution is 2.40. The van der Waals surface area contributed by atoms with Crippen LogP contribution in [0.1, 0.15) is 54.1 Å². The van der Waals surface area contributed by atoms with E-state index in [9.17, 15) is 9.59 Å². The summed E-state index contributed by atoms with van der Waals surface area (Å²) in [5.74, 6) is 0.0939. The van der Waals surface area contributed by atoms with Crippen LogP contribution in [-0.4, -0.2) is 33.8 Å². The molecule has 2 fully saturated rings. The van der Waals surface area contributed by atoms with Gasteiger partial charge in [-0.1, -0.05) is 36.8 Å². The number of rotatable bonds is 2. The monoisotopic (exact) mass is 349 g/mol. The maximum atomic E-state index is 13.3. The SMILES string of the molecule is O=C1CCCC[C@H]2[C@@H](C[C@@H](c3ccccc3)N2C(=O)c2cccnc2)N1. The van der Waals surface area contributed by atoms with Gasteiger partial charge in [0.25, 0.3) is 5.91 Å². The number of hydrogen-bond acceptors (Lipinski definition) is 3. The normalized spacial score (nSPS) is 25.8. The Labute approximate surface area is 153 Å². The molecule has 3 heterocycles. The van der Waals surface area contributed by atoms with Crippen LogP contribution in [-0.2, 0) is 4.79 Å². The second-order valence-corrected chi connectivity index (χ2v) is 7.10. The van der Waals surface area contributed by atoms with E-state index in [4.69, 9.17) is 0 Å². The summed E-state index contributed by atoms with van der Waals surface area (Å²) in [6.07, 6.45) is 7.39. The number of amides is 2. The van der Waals surface area contributed by atoms with Gasteiger partial charge >= 0.3 is 0 Å². The van der Waals surface area contributed by atoms with Crippen LogP contribution < -0.4 is 5.32 Å². The molecule has 2 saturated heterocycles. The molecule has 1 aromatic heterocycles. The molecule has 5 heteroatoms. The van der Waals surface area contributed by atoms with Gasteiger partial charge in [-0.3, -0.25) is 14.6 Å². The van der Waals surface area contributed by atoms with Crippen molar-refractivity contribution >= 4 is 11.8 Å². The number of carbonyl (C=O) groups excluding carboxylic acids is 2. The third-order valence-electron chi connectivity index (χ3n) is 5.46. The molecule has 4 rings (SSSR count). The van der Waals surface area contributed by atoms with Crippen LogP contribution in [0.4, 0.5) is 0 Å². The molecule has 134 valence electrons. The smallest absolute Gasteiger partial charge is 0.256 e. The van der Waals surface area contributed by atoms with Crippen molar-refractivity contribution in [1.82, 2.24) is 15.2 Å². The van der Waals surface area contributed by atoms with E-state index in [0.29, 0.717) is 12.0 Å². The number of benzene rings is 1. The topological polar surface area (TPSA) is 62.3 Å². The first-order valence-corrected chi connectivity index (χ1v) is 9.31. The minimum atomic E-state index is -0.0303. The van der Waals surface area contributed by atoms with Gasteiger partial charge in [0.1, 0.15) is 0 Å². The molecular weight excluding hydrogens is 326 g/mol.